The first-order valence-corrected chi connectivity index (χ1v) is 12.3. The molecule has 0 aliphatic carbocycles. The van der Waals surface area contributed by atoms with Crippen LogP contribution < -0.4 is 0 Å². The fourth-order valence-electron chi connectivity index (χ4n) is 4.43. The van der Waals surface area contributed by atoms with Crippen LogP contribution in [0.15, 0.2) is 133 Å². The van der Waals surface area contributed by atoms with E-state index in [1.165, 1.54) is 6.07 Å². The van der Waals surface area contributed by atoms with Crippen molar-refractivity contribution in [3.63, 3.8) is 0 Å². The lowest BCUT2D eigenvalue weighted by Crippen LogP contribution is -1.98. The maximum Gasteiger partial charge on any atom is 0.226 e. The second-order valence-corrected chi connectivity index (χ2v) is 9.01. The van der Waals surface area contributed by atoms with Crippen LogP contribution in [-0.2, 0) is 0 Å². The van der Waals surface area contributed by atoms with E-state index in [1.807, 2.05) is 24.3 Å². The SMILES string of the molecule is [2H]c1c([2H])c([2H])c(-c2ccccc2-c2nc(Cl)nc(-c3ccc4cc(-c5cc6c([2H])c([2H])c([2H])c([2H])c6c([2H])c5[2H])ccc4c3)n2)c([2H])c1[2H]. The van der Waals surface area contributed by atoms with Gasteiger partial charge in [0.15, 0.2) is 11.6 Å². The Morgan fingerprint density at radius 1 is 0.462 bits per heavy atom. The highest BCUT2D eigenvalue weighted by Gasteiger charge is 2.14. The van der Waals surface area contributed by atoms with E-state index in [-0.39, 0.29) is 69.5 Å². The van der Waals surface area contributed by atoms with Gasteiger partial charge in [0.25, 0.3) is 0 Å². The lowest BCUT2D eigenvalue weighted by Gasteiger charge is -2.11. The number of nitrogens with zero attached hydrogens (tertiary/aromatic N) is 3. The van der Waals surface area contributed by atoms with Crippen molar-refractivity contribution in [2.75, 3.05) is 0 Å². The smallest absolute Gasteiger partial charge is 0.208 e. The van der Waals surface area contributed by atoms with Crippen molar-refractivity contribution in [1.29, 1.82) is 0 Å². The lowest BCUT2D eigenvalue weighted by molar-refractivity contribution is 1.07. The summed E-state index contributed by atoms with van der Waals surface area (Å²) < 4.78 is 91.1. The summed E-state index contributed by atoms with van der Waals surface area (Å²) in [6.07, 6.45) is 0. The molecule has 0 atom stereocenters. The van der Waals surface area contributed by atoms with E-state index in [0.717, 1.165) is 10.8 Å². The molecule has 7 rings (SSSR count). The maximum absolute atomic E-state index is 8.67. The van der Waals surface area contributed by atoms with Gasteiger partial charge in [0.2, 0.25) is 5.28 Å². The minimum atomic E-state index is -0.496. The number of aromatic nitrogens is 3. The van der Waals surface area contributed by atoms with Gasteiger partial charge in [-0.25, -0.2) is 4.98 Å². The lowest BCUT2D eigenvalue weighted by atomic mass is 9.98. The molecule has 0 fully saturated rings. The van der Waals surface area contributed by atoms with Crippen LogP contribution in [0.25, 0.3) is 66.6 Å². The average molecular weight is 531 g/mol. The van der Waals surface area contributed by atoms with Crippen molar-refractivity contribution in [2.24, 2.45) is 0 Å². The highest BCUT2D eigenvalue weighted by molar-refractivity contribution is 6.28. The predicted molar refractivity (Wildman–Crippen MR) is 162 cm³/mol. The van der Waals surface area contributed by atoms with E-state index in [4.69, 9.17) is 26.7 Å². The van der Waals surface area contributed by atoms with Crippen molar-refractivity contribution < 1.29 is 15.1 Å². The summed E-state index contributed by atoms with van der Waals surface area (Å²) in [6, 6.07) is 15.0. The van der Waals surface area contributed by atoms with E-state index in [9.17, 15) is 0 Å². The van der Waals surface area contributed by atoms with E-state index >= 15 is 0 Å². The second-order valence-electron chi connectivity index (χ2n) is 8.67. The molecule has 0 saturated carbocycles. The third-order valence-corrected chi connectivity index (χ3v) is 6.45. The number of halogens is 1. The number of hydrogen-bond acceptors (Lipinski definition) is 3. The minimum Gasteiger partial charge on any atom is -0.208 e. The molecule has 1 aromatic heterocycles. The molecule has 0 amide bonds. The summed E-state index contributed by atoms with van der Waals surface area (Å²) >= 11 is 6.40. The van der Waals surface area contributed by atoms with E-state index < -0.39 is 30.2 Å². The molecule has 0 aliphatic rings. The molecule has 0 bridgehead atoms. The van der Waals surface area contributed by atoms with E-state index in [1.54, 1.807) is 36.4 Å². The van der Waals surface area contributed by atoms with Crippen LogP contribution in [0.4, 0.5) is 0 Å². The first kappa shape index (κ1) is 14.3. The Labute approximate surface area is 246 Å². The Bertz CT molecular complexity index is 2570. The summed E-state index contributed by atoms with van der Waals surface area (Å²) in [7, 11) is 0. The molecule has 0 aliphatic heterocycles. The zero-order chi connectivity index (χ0) is 35.8. The number of fused-ring (bicyclic) bond motifs is 2. The van der Waals surface area contributed by atoms with Crippen LogP contribution >= 0.6 is 11.6 Å². The van der Waals surface area contributed by atoms with Crippen LogP contribution in [0.1, 0.15) is 15.1 Å². The third kappa shape index (κ3) is 4.54. The summed E-state index contributed by atoms with van der Waals surface area (Å²) in [6.45, 7) is 0. The Morgan fingerprint density at radius 3 is 1.92 bits per heavy atom. The van der Waals surface area contributed by atoms with Crippen molar-refractivity contribution in [3.8, 4) is 45.0 Å². The second kappa shape index (κ2) is 9.79. The summed E-state index contributed by atoms with van der Waals surface area (Å²) in [5.74, 6) is 0.374. The molecule has 0 N–H and O–H groups in total. The Balaban J connectivity index is 1.31. The quantitative estimate of drug-likeness (QED) is 0.227. The van der Waals surface area contributed by atoms with Gasteiger partial charge in [-0.15, -0.1) is 0 Å². The zero-order valence-electron chi connectivity index (χ0n) is 31.1. The van der Waals surface area contributed by atoms with E-state index in [0.29, 0.717) is 27.8 Å². The van der Waals surface area contributed by atoms with Gasteiger partial charge in [-0.05, 0) is 73.6 Å². The molecular formula is C35H22ClN3. The van der Waals surface area contributed by atoms with Crippen LogP contribution in [0.2, 0.25) is 5.28 Å². The normalized spacial score (nSPS) is 15.2. The molecule has 0 saturated heterocycles. The first-order chi connectivity index (χ1) is 23.8. The highest BCUT2D eigenvalue weighted by Crippen LogP contribution is 2.33. The molecule has 0 unspecified atom stereocenters. The number of rotatable bonds is 4. The van der Waals surface area contributed by atoms with Crippen molar-refractivity contribution in [3.05, 3.63) is 138 Å². The molecule has 0 radical (unpaired) electrons. The monoisotopic (exact) mass is 530 g/mol. The van der Waals surface area contributed by atoms with Crippen LogP contribution in [0.3, 0.4) is 0 Å². The Morgan fingerprint density at radius 2 is 1.10 bits per heavy atom. The summed E-state index contributed by atoms with van der Waals surface area (Å²) in [5, 5.41) is 1.61. The van der Waals surface area contributed by atoms with Crippen molar-refractivity contribution in [2.45, 2.75) is 0 Å². The van der Waals surface area contributed by atoms with Gasteiger partial charge < -0.3 is 0 Å². The van der Waals surface area contributed by atoms with Gasteiger partial charge in [-0.3, -0.25) is 0 Å². The van der Waals surface area contributed by atoms with Gasteiger partial charge >= 0.3 is 0 Å². The minimum absolute atomic E-state index is 0.00139. The molecule has 0 spiro atoms. The molecular weight excluding hydrogens is 498 g/mol. The summed E-state index contributed by atoms with van der Waals surface area (Å²) in [5.41, 5.74) is 2.26. The molecule has 7 aromatic rings. The fraction of sp³-hybridized carbons (Fsp3) is 0. The Hall–Kier alpha value is -4.86. The molecule has 1 heterocycles. The van der Waals surface area contributed by atoms with Crippen LogP contribution in [0, 0.1) is 0 Å². The highest BCUT2D eigenvalue weighted by atomic mass is 35.5. The van der Waals surface area contributed by atoms with Crippen molar-refractivity contribution in [1.82, 2.24) is 15.0 Å². The number of benzene rings is 6. The standard InChI is InChI=1S/C35H22ClN3/c36-35-38-33(37-34(39-35)32-13-7-6-12-31(32)24-9-2-1-3-10-24)30-19-18-28-21-27(16-17-29(28)22-30)26-15-14-23-8-4-5-11-25(23)20-26/h1-22H/i1D,2D,3D,4D,5D,8D,9D,10D,11D,14D,15D. The molecule has 6 aromatic carbocycles. The fourth-order valence-corrected chi connectivity index (χ4v) is 4.59. The van der Waals surface area contributed by atoms with Crippen LogP contribution in [-0.4, -0.2) is 15.0 Å². The summed E-state index contributed by atoms with van der Waals surface area (Å²) in [4.78, 5) is 13.3. The Kier molecular flexibility index (Phi) is 3.60. The van der Waals surface area contributed by atoms with Gasteiger partial charge in [-0.2, -0.15) is 9.97 Å². The van der Waals surface area contributed by atoms with Gasteiger partial charge in [0.1, 0.15) is 0 Å². The topological polar surface area (TPSA) is 38.7 Å². The molecule has 3 nitrogen and oxygen atoms in total. The molecule has 184 valence electrons. The molecule has 4 heteroatoms. The van der Waals surface area contributed by atoms with Gasteiger partial charge in [0.05, 0.1) is 15.1 Å². The zero-order valence-corrected chi connectivity index (χ0v) is 20.8. The predicted octanol–water partition coefficient (Wildman–Crippen LogP) is 9.50. The third-order valence-electron chi connectivity index (χ3n) is 6.28. The van der Waals surface area contributed by atoms with Gasteiger partial charge in [-0.1, -0.05) is 115 Å². The first-order valence-electron chi connectivity index (χ1n) is 17.4. The molecule has 39 heavy (non-hydrogen) atoms. The van der Waals surface area contributed by atoms with Gasteiger partial charge in [0, 0.05) is 11.1 Å². The maximum atomic E-state index is 8.67. The van der Waals surface area contributed by atoms with Crippen molar-refractivity contribution >= 4 is 33.1 Å². The average Bonchev–Trinajstić information content (AvgIpc) is 3.12. The van der Waals surface area contributed by atoms with E-state index in [2.05, 4.69) is 15.0 Å². The number of hydrogen-bond donors (Lipinski definition) is 0. The van der Waals surface area contributed by atoms with Crippen LogP contribution in [0.5, 0.6) is 0 Å². The largest absolute Gasteiger partial charge is 0.226 e.